The maximum Gasteiger partial charge on any atom is 0.306 e. The van der Waals surface area contributed by atoms with Gasteiger partial charge in [0, 0.05) is 6.42 Å². The first-order valence-electron chi connectivity index (χ1n) is 28.3. The van der Waals surface area contributed by atoms with E-state index in [1.54, 1.807) is 0 Å². The maximum atomic E-state index is 13.2. The summed E-state index contributed by atoms with van der Waals surface area (Å²) in [6.45, 7) is 6.53. The Bertz CT molecular complexity index is 898. The second kappa shape index (κ2) is 50.9. The molecule has 0 aromatic carbocycles. The van der Waals surface area contributed by atoms with Crippen LogP contribution in [0.3, 0.4) is 0 Å². The third-order valence-electron chi connectivity index (χ3n) is 13.4. The summed E-state index contributed by atoms with van der Waals surface area (Å²) in [6.07, 6.45) is 55.9. The van der Waals surface area contributed by atoms with E-state index < -0.39 is 18.2 Å². The molecule has 0 heterocycles. The van der Waals surface area contributed by atoms with Crippen molar-refractivity contribution in [3.63, 3.8) is 0 Å². The SMILES string of the molecule is CCCCCCCCCCCCCCCCCCCC(=O)OC(CCCCCCCCCCCCCCC)CC(=O)NC(CO)C(O)CCCCCCCCCCCCCCC. The number of hydrogen-bond donors (Lipinski definition) is 3. The van der Waals surface area contributed by atoms with Crippen LogP contribution in [0.2, 0.25) is 0 Å². The molecule has 0 aliphatic carbocycles. The van der Waals surface area contributed by atoms with Crippen LogP contribution in [0.5, 0.6) is 0 Å². The van der Waals surface area contributed by atoms with Gasteiger partial charge in [0.05, 0.1) is 25.2 Å². The van der Waals surface area contributed by atoms with E-state index in [-0.39, 0.29) is 24.9 Å². The minimum absolute atomic E-state index is 0.0883. The molecular formula is C56H111NO5. The number of hydrogen-bond acceptors (Lipinski definition) is 5. The molecule has 0 aromatic rings. The van der Waals surface area contributed by atoms with Gasteiger partial charge in [0.15, 0.2) is 0 Å². The average molecular weight is 879 g/mol. The van der Waals surface area contributed by atoms with Crippen molar-refractivity contribution in [1.82, 2.24) is 5.32 Å². The summed E-state index contributed by atoms with van der Waals surface area (Å²) < 4.78 is 5.96. The summed E-state index contributed by atoms with van der Waals surface area (Å²) in [5.74, 6) is -0.446. The molecule has 0 fully saturated rings. The van der Waals surface area contributed by atoms with E-state index in [0.717, 1.165) is 38.5 Å². The first kappa shape index (κ1) is 60.9. The van der Waals surface area contributed by atoms with E-state index in [0.29, 0.717) is 19.3 Å². The number of esters is 1. The maximum absolute atomic E-state index is 13.2. The smallest absolute Gasteiger partial charge is 0.306 e. The molecule has 62 heavy (non-hydrogen) atoms. The van der Waals surface area contributed by atoms with Crippen molar-refractivity contribution < 1.29 is 24.5 Å². The standard InChI is InChI=1S/C56H111NO5/c1-4-7-10-13-16-19-22-25-26-27-28-31-34-37-40-43-46-49-56(61)62-52(47-44-41-38-35-32-29-23-20-17-14-11-8-5-2)50-55(60)57-53(51-58)54(59)48-45-42-39-36-33-30-24-21-18-15-12-9-6-3/h52-54,58-59H,4-51H2,1-3H3,(H,57,60). The number of nitrogens with one attached hydrogen (secondary N) is 1. The quantitative estimate of drug-likeness (QED) is 0.0418. The van der Waals surface area contributed by atoms with E-state index in [2.05, 4.69) is 26.1 Å². The summed E-state index contributed by atoms with van der Waals surface area (Å²) in [4.78, 5) is 26.2. The lowest BCUT2D eigenvalue weighted by Gasteiger charge is -2.24. The fourth-order valence-electron chi connectivity index (χ4n) is 9.14. The molecule has 0 aliphatic rings. The van der Waals surface area contributed by atoms with E-state index in [4.69, 9.17) is 4.74 Å². The van der Waals surface area contributed by atoms with Gasteiger partial charge in [-0.15, -0.1) is 0 Å². The number of aliphatic hydroxyl groups is 2. The Morgan fingerprint density at radius 3 is 0.984 bits per heavy atom. The molecule has 3 N–H and O–H groups in total. The third kappa shape index (κ3) is 45.4. The van der Waals surface area contributed by atoms with Gasteiger partial charge in [0.1, 0.15) is 6.10 Å². The minimum atomic E-state index is -0.779. The summed E-state index contributed by atoms with van der Waals surface area (Å²) in [7, 11) is 0. The molecule has 0 aliphatic heterocycles. The first-order valence-corrected chi connectivity index (χ1v) is 28.3. The van der Waals surface area contributed by atoms with E-state index in [1.165, 1.54) is 238 Å². The van der Waals surface area contributed by atoms with Crippen LogP contribution in [0.15, 0.2) is 0 Å². The second-order valence-corrected chi connectivity index (χ2v) is 19.7. The Balaban J connectivity index is 4.46. The number of unbranched alkanes of at least 4 members (excludes halogenated alkanes) is 40. The highest BCUT2D eigenvalue weighted by atomic mass is 16.5. The number of amides is 1. The number of carbonyl (C=O) groups is 2. The van der Waals surface area contributed by atoms with Gasteiger partial charge in [0.2, 0.25) is 5.91 Å². The van der Waals surface area contributed by atoms with Crippen LogP contribution in [-0.2, 0) is 14.3 Å². The Morgan fingerprint density at radius 1 is 0.403 bits per heavy atom. The Hall–Kier alpha value is -1.14. The summed E-state index contributed by atoms with van der Waals surface area (Å²) >= 11 is 0. The van der Waals surface area contributed by atoms with Gasteiger partial charge in [-0.1, -0.05) is 284 Å². The zero-order valence-corrected chi connectivity index (χ0v) is 42.3. The second-order valence-electron chi connectivity index (χ2n) is 19.7. The number of aliphatic hydroxyl groups excluding tert-OH is 2. The third-order valence-corrected chi connectivity index (χ3v) is 13.4. The van der Waals surface area contributed by atoms with Crippen molar-refractivity contribution in [2.24, 2.45) is 0 Å². The van der Waals surface area contributed by atoms with Gasteiger partial charge in [-0.2, -0.15) is 0 Å². The fraction of sp³-hybridized carbons (Fsp3) is 0.964. The van der Waals surface area contributed by atoms with Crippen LogP contribution in [-0.4, -0.2) is 46.9 Å². The van der Waals surface area contributed by atoms with Gasteiger partial charge in [-0.05, 0) is 25.7 Å². The monoisotopic (exact) mass is 878 g/mol. The van der Waals surface area contributed by atoms with Crippen molar-refractivity contribution in [2.45, 2.75) is 341 Å². The predicted molar refractivity (Wildman–Crippen MR) is 269 cm³/mol. The highest BCUT2D eigenvalue weighted by Gasteiger charge is 2.24. The molecule has 0 bridgehead atoms. The van der Waals surface area contributed by atoms with E-state index in [9.17, 15) is 19.8 Å². The summed E-state index contributed by atoms with van der Waals surface area (Å²) in [6, 6.07) is -0.692. The van der Waals surface area contributed by atoms with Crippen LogP contribution in [0, 0.1) is 0 Å². The Morgan fingerprint density at radius 2 is 0.677 bits per heavy atom. The van der Waals surface area contributed by atoms with Crippen LogP contribution in [0.25, 0.3) is 0 Å². The van der Waals surface area contributed by atoms with Crippen LogP contribution in [0.4, 0.5) is 0 Å². The molecule has 0 saturated carbocycles. The van der Waals surface area contributed by atoms with Gasteiger partial charge < -0.3 is 20.3 Å². The number of ether oxygens (including phenoxy) is 1. The summed E-state index contributed by atoms with van der Waals surface area (Å²) in [5.41, 5.74) is 0. The average Bonchev–Trinajstić information content (AvgIpc) is 3.26. The van der Waals surface area contributed by atoms with E-state index >= 15 is 0 Å². The molecule has 3 atom stereocenters. The highest BCUT2D eigenvalue weighted by molar-refractivity contribution is 5.77. The normalized spacial score (nSPS) is 13.0. The predicted octanol–water partition coefficient (Wildman–Crippen LogP) is 17.1. The molecule has 0 spiro atoms. The highest BCUT2D eigenvalue weighted by Crippen LogP contribution is 2.19. The molecule has 0 saturated heterocycles. The largest absolute Gasteiger partial charge is 0.462 e. The van der Waals surface area contributed by atoms with Crippen molar-refractivity contribution in [3.8, 4) is 0 Å². The summed E-state index contributed by atoms with van der Waals surface area (Å²) in [5, 5.41) is 23.8. The molecule has 0 aromatic heterocycles. The Kier molecular flexibility index (Phi) is 49.9. The lowest BCUT2D eigenvalue weighted by atomic mass is 10.0. The van der Waals surface area contributed by atoms with Crippen molar-refractivity contribution in [1.29, 1.82) is 0 Å². The van der Waals surface area contributed by atoms with Crippen LogP contribution < -0.4 is 5.32 Å². The molecule has 1 amide bonds. The zero-order chi connectivity index (χ0) is 45.2. The van der Waals surface area contributed by atoms with Crippen molar-refractivity contribution in [3.05, 3.63) is 0 Å². The number of rotatable bonds is 52. The molecule has 6 nitrogen and oxygen atoms in total. The Labute approximate surface area is 387 Å². The minimum Gasteiger partial charge on any atom is -0.462 e. The molecular weight excluding hydrogens is 767 g/mol. The fourth-order valence-corrected chi connectivity index (χ4v) is 9.14. The zero-order valence-electron chi connectivity index (χ0n) is 42.3. The van der Waals surface area contributed by atoms with Crippen LogP contribution in [0.1, 0.15) is 323 Å². The first-order chi connectivity index (χ1) is 30.5. The van der Waals surface area contributed by atoms with Crippen LogP contribution >= 0.6 is 0 Å². The molecule has 0 radical (unpaired) electrons. The van der Waals surface area contributed by atoms with E-state index in [1.807, 2.05) is 0 Å². The molecule has 6 heteroatoms. The van der Waals surface area contributed by atoms with Crippen molar-refractivity contribution >= 4 is 11.9 Å². The van der Waals surface area contributed by atoms with Gasteiger partial charge >= 0.3 is 5.97 Å². The van der Waals surface area contributed by atoms with Crippen molar-refractivity contribution in [2.75, 3.05) is 6.61 Å². The topological polar surface area (TPSA) is 95.9 Å². The van der Waals surface area contributed by atoms with Gasteiger partial charge in [-0.25, -0.2) is 0 Å². The molecule has 3 unspecified atom stereocenters. The molecule has 0 rings (SSSR count). The molecule has 370 valence electrons. The van der Waals surface area contributed by atoms with Gasteiger partial charge in [0.25, 0.3) is 0 Å². The number of carbonyl (C=O) groups excluding carboxylic acids is 2. The van der Waals surface area contributed by atoms with Gasteiger partial charge in [-0.3, -0.25) is 9.59 Å². The lowest BCUT2D eigenvalue weighted by molar-refractivity contribution is -0.151. The lowest BCUT2D eigenvalue weighted by Crippen LogP contribution is -2.46.